The van der Waals surface area contributed by atoms with Crippen molar-refractivity contribution >= 4 is 45.3 Å². The van der Waals surface area contributed by atoms with Gasteiger partial charge in [0.25, 0.3) is 0 Å². The van der Waals surface area contributed by atoms with Gasteiger partial charge in [0, 0.05) is 21.8 Å². The van der Waals surface area contributed by atoms with Gasteiger partial charge in [-0.05, 0) is 78.3 Å². The summed E-state index contributed by atoms with van der Waals surface area (Å²) in [6.45, 7) is 2.31. The van der Waals surface area contributed by atoms with E-state index >= 15 is 0 Å². The summed E-state index contributed by atoms with van der Waals surface area (Å²) in [5.74, 6) is 0. The lowest BCUT2D eigenvalue weighted by Crippen LogP contribution is -2.33. The van der Waals surface area contributed by atoms with Crippen LogP contribution < -0.4 is 5.32 Å². The van der Waals surface area contributed by atoms with Crippen LogP contribution in [0.15, 0.2) is 23.6 Å². The van der Waals surface area contributed by atoms with Crippen LogP contribution >= 0.6 is 45.3 Å². The molecule has 0 aromatic carbocycles. The Morgan fingerprint density at radius 1 is 1.53 bits per heavy atom. The highest BCUT2D eigenvalue weighted by molar-refractivity contribution is 14.1. The summed E-state index contributed by atoms with van der Waals surface area (Å²) < 4.78 is 1.43. The van der Waals surface area contributed by atoms with Gasteiger partial charge < -0.3 is 5.32 Å². The van der Waals surface area contributed by atoms with Crippen molar-refractivity contribution in [2.75, 3.05) is 0 Å². The van der Waals surface area contributed by atoms with Crippen molar-refractivity contribution in [1.82, 2.24) is 5.32 Å². The smallest absolute Gasteiger partial charge is 0.0659 e. The maximum Gasteiger partial charge on any atom is 0.0659 e. The van der Waals surface area contributed by atoms with Gasteiger partial charge in [-0.25, -0.2) is 0 Å². The van der Waals surface area contributed by atoms with Crippen molar-refractivity contribution < 1.29 is 0 Å². The van der Waals surface area contributed by atoms with Gasteiger partial charge in [0.2, 0.25) is 0 Å². The monoisotopic (exact) mass is 403 g/mol. The van der Waals surface area contributed by atoms with Crippen molar-refractivity contribution in [3.8, 4) is 0 Å². The topological polar surface area (TPSA) is 12.0 Å². The lowest BCUT2D eigenvalue weighted by Gasteiger charge is -2.27. The van der Waals surface area contributed by atoms with Crippen LogP contribution in [-0.4, -0.2) is 6.04 Å². The van der Waals surface area contributed by atoms with Gasteiger partial charge in [0.15, 0.2) is 0 Å². The molecule has 2 atom stereocenters. The third-order valence-corrected chi connectivity index (χ3v) is 6.53. The van der Waals surface area contributed by atoms with Crippen LogP contribution in [-0.2, 0) is 12.8 Å². The third kappa shape index (κ3) is 3.40. The van der Waals surface area contributed by atoms with Crippen LogP contribution in [0.25, 0.3) is 0 Å². The molecule has 3 rings (SSSR count). The summed E-state index contributed by atoms with van der Waals surface area (Å²) in [6.07, 6.45) is 5.03. The molecule has 0 saturated heterocycles. The zero-order valence-electron chi connectivity index (χ0n) is 11.0. The van der Waals surface area contributed by atoms with Gasteiger partial charge in [-0.1, -0.05) is 6.07 Å². The largest absolute Gasteiger partial charge is 0.307 e. The molecule has 2 unspecified atom stereocenters. The van der Waals surface area contributed by atoms with Crippen molar-refractivity contribution in [3.05, 3.63) is 41.8 Å². The Labute approximate surface area is 136 Å². The molecule has 0 amide bonds. The summed E-state index contributed by atoms with van der Waals surface area (Å²) in [6, 6.07) is 7.88. The SMILES string of the molecule is CC(Cc1cccs1)NC1CCCc2sc(I)cc21. The highest BCUT2D eigenvalue weighted by atomic mass is 127. The number of halogens is 1. The van der Waals surface area contributed by atoms with Crippen molar-refractivity contribution in [3.63, 3.8) is 0 Å². The fourth-order valence-electron chi connectivity index (χ4n) is 2.83. The highest BCUT2D eigenvalue weighted by Gasteiger charge is 2.23. The lowest BCUT2D eigenvalue weighted by atomic mass is 9.93. The minimum Gasteiger partial charge on any atom is -0.307 e. The molecule has 0 fully saturated rings. The maximum atomic E-state index is 3.84. The van der Waals surface area contributed by atoms with E-state index in [0.717, 1.165) is 6.42 Å². The zero-order chi connectivity index (χ0) is 13.2. The van der Waals surface area contributed by atoms with E-state index in [1.54, 1.807) is 10.4 Å². The maximum absolute atomic E-state index is 3.84. The molecule has 1 aliphatic carbocycles. The van der Waals surface area contributed by atoms with Gasteiger partial charge >= 0.3 is 0 Å². The number of rotatable bonds is 4. The van der Waals surface area contributed by atoms with E-state index in [1.165, 1.54) is 27.0 Å². The summed E-state index contributed by atoms with van der Waals surface area (Å²) in [5, 5.41) is 6.01. The van der Waals surface area contributed by atoms with Gasteiger partial charge in [-0.15, -0.1) is 22.7 Å². The summed E-state index contributed by atoms with van der Waals surface area (Å²) in [5.41, 5.74) is 1.57. The second kappa shape index (κ2) is 6.24. The Morgan fingerprint density at radius 2 is 2.42 bits per heavy atom. The molecule has 2 heterocycles. The van der Waals surface area contributed by atoms with E-state index in [4.69, 9.17) is 0 Å². The van der Waals surface area contributed by atoms with Gasteiger partial charge in [-0.2, -0.15) is 0 Å². The molecular formula is C15H18INS2. The molecule has 102 valence electrons. The molecule has 19 heavy (non-hydrogen) atoms. The van der Waals surface area contributed by atoms with Crippen molar-refractivity contribution in [1.29, 1.82) is 0 Å². The molecule has 4 heteroatoms. The quantitative estimate of drug-likeness (QED) is 0.708. The van der Waals surface area contributed by atoms with Crippen molar-refractivity contribution in [2.45, 2.75) is 44.7 Å². The summed E-state index contributed by atoms with van der Waals surface area (Å²) in [7, 11) is 0. The average molecular weight is 403 g/mol. The highest BCUT2D eigenvalue weighted by Crippen LogP contribution is 2.36. The molecule has 1 nitrogen and oxygen atoms in total. The molecule has 1 N–H and O–H groups in total. The summed E-state index contributed by atoms with van der Waals surface area (Å²) >= 11 is 6.29. The molecule has 0 radical (unpaired) electrons. The lowest BCUT2D eigenvalue weighted by molar-refractivity contribution is 0.410. The zero-order valence-corrected chi connectivity index (χ0v) is 14.8. The van der Waals surface area contributed by atoms with E-state index in [2.05, 4.69) is 58.4 Å². The van der Waals surface area contributed by atoms with E-state index in [1.807, 2.05) is 22.7 Å². The normalized spacial score (nSPS) is 20.2. The molecule has 0 bridgehead atoms. The van der Waals surface area contributed by atoms with Crippen LogP contribution in [0.2, 0.25) is 0 Å². The molecule has 0 saturated carbocycles. The average Bonchev–Trinajstić information content (AvgIpc) is 2.97. The van der Waals surface area contributed by atoms with Crippen LogP contribution in [0.1, 0.15) is 41.1 Å². The fourth-order valence-corrected chi connectivity index (χ4v) is 5.78. The summed E-state index contributed by atoms with van der Waals surface area (Å²) in [4.78, 5) is 3.09. The Balaban J connectivity index is 1.67. The molecule has 0 aliphatic heterocycles. The first-order valence-electron chi connectivity index (χ1n) is 6.79. The second-order valence-electron chi connectivity index (χ2n) is 5.23. The number of thiophene rings is 2. The minimum atomic E-state index is 0.548. The van der Waals surface area contributed by atoms with E-state index < -0.39 is 0 Å². The number of hydrogen-bond acceptors (Lipinski definition) is 3. The first kappa shape index (κ1) is 14.0. The number of fused-ring (bicyclic) bond motifs is 1. The van der Waals surface area contributed by atoms with E-state index in [-0.39, 0.29) is 0 Å². The first-order valence-corrected chi connectivity index (χ1v) is 9.56. The number of hydrogen-bond donors (Lipinski definition) is 1. The van der Waals surface area contributed by atoms with Crippen LogP contribution in [0.3, 0.4) is 0 Å². The Morgan fingerprint density at radius 3 is 3.21 bits per heavy atom. The fraction of sp³-hybridized carbons (Fsp3) is 0.467. The molecular weight excluding hydrogens is 385 g/mol. The molecule has 2 aromatic rings. The Kier molecular flexibility index (Phi) is 4.62. The first-order chi connectivity index (χ1) is 9.22. The van der Waals surface area contributed by atoms with E-state index in [9.17, 15) is 0 Å². The Bertz CT molecular complexity index is 532. The third-order valence-electron chi connectivity index (χ3n) is 3.66. The van der Waals surface area contributed by atoms with Gasteiger partial charge in [0.1, 0.15) is 0 Å². The van der Waals surface area contributed by atoms with Crippen LogP contribution in [0, 0.1) is 2.88 Å². The van der Waals surface area contributed by atoms with E-state index in [0.29, 0.717) is 12.1 Å². The van der Waals surface area contributed by atoms with Crippen LogP contribution in [0.4, 0.5) is 0 Å². The second-order valence-corrected chi connectivity index (χ2v) is 9.29. The van der Waals surface area contributed by atoms with Crippen LogP contribution in [0.5, 0.6) is 0 Å². The number of aryl methyl sites for hydroxylation is 1. The molecule has 1 aliphatic rings. The number of nitrogens with one attached hydrogen (secondary N) is 1. The van der Waals surface area contributed by atoms with Gasteiger partial charge in [-0.3, -0.25) is 0 Å². The standard InChI is InChI=1S/C15H18INS2/c1-10(8-11-4-3-7-18-11)17-13-5-2-6-14-12(13)9-15(16)19-14/h3-4,7,9-10,13,17H,2,5-6,8H2,1H3. The minimum absolute atomic E-state index is 0.548. The van der Waals surface area contributed by atoms with Crippen molar-refractivity contribution in [2.24, 2.45) is 0 Å². The Hall–Kier alpha value is 0.0900. The molecule has 0 spiro atoms. The predicted octanol–water partition coefficient (Wildman–Crippen LogP) is 5.01. The van der Waals surface area contributed by atoms with Gasteiger partial charge in [0.05, 0.1) is 2.88 Å². The predicted molar refractivity (Wildman–Crippen MR) is 93.3 cm³/mol. The molecule has 2 aromatic heterocycles.